The molecule has 0 amide bonds. The molecule has 0 spiro atoms. The highest BCUT2D eigenvalue weighted by Gasteiger charge is 2.08. The van der Waals surface area contributed by atoms with Crippen LogP contribution < -0.4 is 11.1 Å². The van der Waals surface area contributed by atoms with Crippen molar-refractivity contribution in [3.05, 3.63) is 0 Å². The summed E-state index contributed by atoms with van der Waals surface area (Å²) in [6.07, 6.45) is 8.92. The van der Waals surface area contributed by atoms with E-state index < -0.39 is 0 Å². The molecule has 0 aromatic rings. The van der Waals surface area contributed by atoms with Crippen molar-refractivity contribution in [3.63, 3.8) is 0 Å². The van der Waals surface area contributed by atoms with Gasteiger partial charge in [0.15, 0.2) is 5.96 Å². The molecule has 1 rings (SSSR count). The van der Waals surface area contributed by atoms with Gasteiger partial charge in [-0.15, -0.1) is 0 Å². The Morgan fingerprint density at radius 2 is 1.81 bits per heavy atom. The molecule has 0 unspecified atom stereocenters. The number of unbranched alkanes of at least 4 members (excludes halogenated alkanes) is 5. The van der Waals surface area contributed by atoms with Crippen LogP contribution >= 0.6 is 0 Å². The van der Waals surface area contributed by atoms with Crippen molar-refractivity contribution in [2.45, 2.75) is 51.9 Å². The molecule has 0 aromatic heterocycles. The maximum atomic E-state index is 5.86. The molecule has 21 heavy (non-hydrogen) atoms. The van der Waals surface area contributed by atoms with Crippen LogP contribution in [0.3, 0.4) is 0 Å². The molecule has 1 fully saturated rings. The lowest BCUT2D eigenvalue weighted by Crippen LogP contribution is -2.37. The summed E-state index contributed by atoms with van der Waals surface area (Å²) in [7, 11) is 0. The minimum absolute atomic E-state index is 0.602. The second-order valence-corrected chi connectivity index (χ2v) is 5.77. The highest BCUT2D eigenvalue weighted by Crippen LogP contribution is 2.04. The third-order valence-corrected chi connectivity index (χ3v) is 3.85. The highest BCUT2D eigenvalue weighted by molar-refractivity contribution is 5.77. The third kappa shape index (κ3) is 10.5. The van der Waals surface area contributed by atoms with Gasteiger partial charge in [-0.25, -0.2) is 0 Å². The zero-order valence-electron chi connectivity index (χ0n) is 13.8. The number of nitrogens with one attached hydrogen (secondary N) is 1. The fraction of sp³-hybridized carbons (Fsp3) is 0.938. The van der Waals surface area contributed by atoms with Gasteiger partial charge in [-0.1, -0.05) is 39.0 Å². The van der Waals surface area contributed by atoms with E-state index in [0.29, 0.717) is 5.96 Å². The van der Waals surface area contributed by atoms with Crippen LogP contribution in [-0.2, 0) is 4.74 Å². The molecule has 0 aliphatic carbocycles. The van der Waals surface area contributed by atoms with Crippen LogP contribution in [0.15, 0.2) is 4.99 Å². The van der Waals surface area contributed by atoms with E-state index in [9.17, 15) is 0 Å². The molecule has 1 saturated heterocycles. The molecular formula is C16H34N4O. The molecule has 0 aromatic carbocycles. The summed E-state index contributed by atoms with van der Waals surface area (Å²) in [5, 5.41) is 3.21. The fourth-order valence-corrected chi connectivity index (χ4v) is 2.50. The first-order chi connectivity index (χ1) is 10.3. The Labute approximate surface area is 130 Å². The van der Waals surface area contributed by atoms with E-state index in [1.807, 2.05) is 0 Å². The van der Waals surface area contributed by atoms with Crippen molar-refractivity contribution in [2.75, 3.05) is 45.9 Å². The maximum absolute atomic E-state index is 5.86. The Balaban J connectivity index is 1.90. The first-order valence-electron chi connectivity index (χ1n) is 8.67. The summed E-state index contributed by atoms with van der Waals surface area (Å²) in [6, 6.07) is 0. The van der Waals surface area contributed by atoms with Crippen molar-refractivity contribution in [1.82, 2.24) is 10.2 Å². The Hall–Kier alpha value is -0.810. The Kier molecular flexibility index (Phi) is 11.2. The van der Waals surface area contributed by atoms with E-state index in [0.717, 1.165) is 52.4 Å². The summed E-state index contributed by atoms with van der Waals surface area (Å²) >= 11 is 0. The zero-order chi connectivity index (χ0) is 15.2. The summed E-state index contributed by atoms with van der Waals surface area (Å²) in [6.45, 7) is 8.94. The number of rotatable bonds is 11. The lowest BCUT2D eigenvalue weighted by Gasteiger charge is -2.26. The van der Waals surface area contributed by atoms with Gasteiger partial charge in [0.2, 0.25) is 0 Å². The third-order valence-electron chi connectivity index (χ3n) is 3.85. The predicted molar refractivity (Wildman–Crippen MR) is 89.7 cm³/mol. The summed E-state index contributed by atoms with van der Waals surface area (Å²) in [5.74, 6) is 0.602. The number of hydrogen-bond donors (Lipinski definition) is 2. The normalized spacial score (nSPS) is 17.1. The van der Waals surface area contributed by atoms with E-state index in [-0.39, 0.29) is 0 Å². The quantitative estimate of drug-likeness (QED) is 0.348. The lowest BCUT2D eigenvalue weighted by atomic mass is 10.1. The number of hydrogen-bond acceptors (Lipinski definition) is 3. The topological polar surface area (TPSA) is 62.9 Å². The van der Waals surface area contributed by atoms with Gasteiger partial charge >= 0.3 is 0 Å². The van der Waals surface area contributed by atoms with Crippen molar-refractivity contribution in [3.8, 4) is 0 Å². The van der Waals surface area contributed by atoms with Crippen molar-refractivity contribution < 1.29 is 4.74 Å². The molecule has 5 nitrogen and oxygen atoms in total. The number of guanidine groups is 1. The summed E-state index contributed by atoms with van der Waals surface area (Å²) < 4.78 is 5.33. The molecule has 0 atom stereocenters. The van der Waals surface area contributed by atoms with Gasteiger partial charge in [-0.3, -0.25) is 9.89 Å². The second kappa shape index (κ2) is 12.9. The van der Waals surface area contributed by atoms with E-state index >= 15 is 0 Å². The summed E-state index contributed by atoms with van der Waals surface area (Å²) in [4.78, 5) is 6.81. The SMILES string of the molecule is CCCCCCCCNC(N)=NCCCN1CCOCC1. The highest BCUT2D eigenvalue weighted by atomic mass is 16.5. The Morgan fingerprint density at radius 1 is 1.10 bits per heavy atom. The molecule has 0 saturated carbocycles. The smallest absolute Gasteiger partial charge is 0.188 e. The predicted octanol–water partition coefficient (Wildman–Crippen LogP) is 1.97. The molecule has 0 radical (unpaired) electrons. The first-order valence-corrected chi connectivity index (χ1v) is 8.67. The van der Waals surface area contributed by atoms with Gasteiger partial charge in [0.25, 0.3) is 0 Å². The van der Waals surface area contributed by atoms with Crippen LogP contribution in [0.25, 0.3) is 0 Å². The average molecular weight is 298 g/mol. The first kappa shape index (κ1) is 18.2. The standard InChI is InChI=1S/C16H34N4O/c1-2-3-4-5-6-7-9-18-16(17)19-10-8-11-20-12-14-21-15-13-20/h2-15H2,1H3,(H3,17,18,19). The molecule has 0 bridgehead atoms. The molecule has 1 heterocycles. The van der Waals surface area contributed by atoms with E-state index in [1.54, 1.807) is 0 Å². The molecule has 1 aliphatic heterocycles. The van der Waals surface area contributed by atoms with Crippen LogP contribution in [0.4, 0.5) is 0 Å². The molecule has 3 N–H and O–H groups in total. The number of nitrogens with zero attached hydrogens (tertiary/aromatic N) is 2. The van der Waals surface area contributed by atoms with Crippen LogP contribution in [0.2, 0.25) is 0 Å². The molecular weight excluding hydrogens is 264 g/mol. The van der Waals surface area contributed by atoms with E-state index in [2.05, 4.69) is 22.1 Å². The fourth-order valence-electron chi connectivity index (χ4n) is 2.50. The van der Waals surface area contributed by atoms with Gasteiger partial charge in [-0.2, -0.15) is 0 Å². The van der Waals surface area contributed by atoms with Crippen molar-refractivity contribution in [2.24, 2.45) is 10.7 Å². The molecule has 1 aliphatic rings. The number of nitrogens with two attached hydrogens (primary N) is 1. The number of ether oxygens (including phenoxy) is 1. The van der Waals surface area contributed by atoms with Gasteiger partial charge < -0.3 is 15.8 Å². The van der Waals surface area contributed by atoms with Gasteiger partial charge in [0, 0.05) is 32.7 Å². The van der Waals surface area contributed by atoms with Crippen molar-refractivity contribution >= 4 is 5.96 Å². The lowest BCUT2D eigenvalue weighted by molar-refractivity contribution is 0.0377. The van der Waals surface area contributed by atoms with Gasteiger partial charge in [0.05, 0.1) is 13.2 Å². The van der Waals surface area contributed by atoms with Crippen molar-refractivity contribution in [1.29, 1.82) is 0 Å². The molecule has 124 valence electrons. The minimum Gasteiger partial charge on any atom is -0.379 e. The average Bonchev–Trinajstić information content (AvgIpc) is 2.52. The largest absolute Gasteiger partial charge is 0.379 e. The van der Waals surface area contributed by atoms with Crippen LogP contribution in [0.5, 0.6) is 0 Å². The van der Waals surface area contributed by atoms with E-state index in [1.165, 1.54) is 38.5 Å². The van der Waals surface area contributed by atoms with Crippen LogP contribution in [0.1, 0.15) is 51.9 Å². The van der Waals surface area contributed by atoms with Crippen LogP contribution in [-0.4, -0.2) is 56.8 Å². The monoisotopic (exact) mass is 298 g/mol. The Morgan fingerprint density at radius 3 is 2.57 bits per heavy atom. The molecule has 5 heteroatoms. The van der Waals surface area contributed by atoms with Gasteiger partial charge in [0.1, 0.15) is 0 Å². The van der Waals surface area contributed by atoms with Crippen LogP contribution in [0, 0.1) is 0 Å². The van der Waals surface area contributed by atoms with Gasteiger partial charge in [-0.05, 0) is 12.8 Å². The second-order valence-electron chi connectivity index (χ2n) is 5.77. The Bertz CT molecular complexity index is 265. The minimum atomic E-state index is 0.602. The van der Waals surface area contributed by atoms with E-state index in [4.69, 9.17) is 10.5 Å². The number of aliphatic imine (C=N–C) groups is 1. The number of morpholine rings is 1. The zero-order valence-corrected chi connectivity index (χ0v) is 13.8. The maximum Gasteiger partial charge on any atom is 0.188 e. The summed E-state index contributed by atoms with van der Waals surface area (Å²) in [5.41, 5.74) is 5.86.